The van der Waals surface area contributed by atoms with E-state index in [2.05, 4.69) is 0 Å². The van der Waals surface area contributed by atoms with E-state index in [0.717, 1.165) is 11.5 Å². The number of benzene rings is 1. The predicted molar refractivity (Wildman–Crippen MR) is 99.0 cm³/mol. The normalized spacial score (nSPS) is 19.1. The summed E-state index contributed by atoms with van der Waals surface area (Å²) in [5, 5.41) is 0. The van der Waals surface area contributed by atoms with Crippen LogP contribution in [-0.2, 0) is 9.53 Å². The minimum atomic E-state index is -0.309. The smallest absolute Gasteiger partial charge is 0.409 e. The van der Waals surface area contributed by atoms with E-state index in [1.807, 2.05) is 36.2 Å². The Morgan fingerprint density at radius 1 is 1.15 bits per heavy atom. The van der Waals surface area contributed by atoms with Crippen LogP contribution in [0.15, 0.2) is 24.3 Å². The van der Waals surface area contributed by atoms with E-state index in [1.54, 1.807) is 16.7 Å². The molecule has 1 atom stereocenters. The third-order valence-electron chi connectivity index (χ3n) is 4.65. The largest absolute Gasteiger partial charge is 0.486 e. The molecule has 1 saturated heterocycles. The monoisotopic (exact) mass is 377 g/mol. The topological polar surface area (TPSA) is 71.6 Å². The first-order valence-corrected chi connectivity index (χ1v) is 9.33. The zero-order chi connectivity index (χ0) is 19.2. The van der Waals surface area contributed by atoms with Gasteiger partial charge in [-0.25, -0.2) is 4.79 Å². The van der Waals surface area contributed by atoms with Crippen LogP contribution in [0.4, 0.5) is 4.79 Å². The molecule has 1 fully saturated rings. The van der Waals surface area contributed by atoms with Gasteiger partial charge >= 0.3 is 6.09 Å². The SMILES string of the molecule is CCOC(=O)N1CCN(C(=O)CN(C)CC2COc3ccccc3O2)CC1. The third kappa shape index (κ3) is 5.03. The Bertz CT molecular complexity index is 661. The maximum absolute atomic E-state index is 12.5. The molecular formula is C19H27N3O5. The van der Waals surface area contributed by atoms with Gasteiger partial charge in [0.15, 0.2) is 11.5 Å². The molecular weight excluding hydrogens is 350 g/mol. The average Bonchev–Trinajstić information content (AvgIpc) is 2.68. The van der Waals surface area contributed by atoms with Crippen LogP contribution in [0.25, 0.3) is 0 Å². The van der Waals surface area contributed by atoms with Gasteiger partial charge in [-0.1, -0.05) is 12.1 Å². The number of hydrogen-bond acceptors (Lipinski definition) is 6. The second kappa shape index (κ2) is 8.94. The molecule has 2 aliphatic rings. The van der Waals surface area contributed by atoms with Gasteiger partial charge in [-0.15, -0.1) is 0 Å². The summed E-state index contributed by atoms with van der Waals surface area (Å²) in [7, 11) is 1.90. The Labute approximate surface area is 159 Å². The first-order chi connectivity index (χ1) is 13.1. The Hall–Kier alpha value is -2.48. The summed E-state index contributed by atoms with van der Waals surface area (Å²) in [5.41, 5.74) is 0. The summed E-state index contributed by atoms with van der Waals surface area (Å²) in [4.78, 5) is 29.6. The number of rotatable bonds is 5. The number of para-hydroxylation sites is 2. The standard InChI is InChI=1S/C19H27N3O5/c1-3-25-19(24)22-10-8-21(9-11-22)18(23)13-20(2)12-15-14-26-16-6-4-5-7-17(16)27-15/h4-7,15H,3,8-14H2,1-2H3. The summed E-state index contributed by atoms with van der Waals surface area (Å²) in [5.74, 6) is 1.55. The number of carbonyl (C=O) groups excluding carboxylic acids is 2. The quantitative estimate of drug-likeness (QED) is 0.764. The Morgan fingerprint density at radius 2 is 1.81 bits per heavy atom. The van der Waals surface area contributed by atoms with E-state index in [-0.39, 0.29) is 18.1 Å². The average molecular weight is 377 g/mol. The Morgan fingerprint density at radius 3 is 2.52 bits per heavy atom. The highest BCUT2D eigenvalue weighted by molar-refractivity contribution is 5.78. The molecule has 0 N–H and O–H groups in total. The first kappa shape index (κ1) is 19.3. The van der Waals surface area contributed by atoms with Crippen molar-refractivity contribution < 1.29 is 23.8 Å². The summed E-state index contributed by atoms with van der Waals surface area (Å²) in [6, 6.07) is 7.59. The highest BCUT2D eigenvalue weighted by Gasteiger charge is 2.27. The van der Waals surface area contributed by atoms with Crippen molar-refractivity contribution in [2.24, 2.45) is 0 Å². The highest BCUT2D eigenvalue weighted by atomic mass is 16.6. The van der Waals surface area contributed by atoms with Crippen LogP contribution in [0.2, 0.25) is 0 Å². The zero-order valence-corrected chi connectivity index (χ0v) is 15.9. The van der Waals surface area contributed by atoms with Crippen LogP contribution >= 0.6 is 0 Å². The lowest BCUT2D eigenvalue weighted by Crippen LogP contribution is -2.53. The number of likely N-dealkylation sites (N-methyl/N-ethyl adjacent to an activating group) is 1. The fourth-order valence-electron chi connectivity index (χ4n) is 3.25. The molecule has 148 valence electrons. The molecule has 3 rings (SSSR count). The summed E-state index contributed by atoms with van der Waals surface area (Å²) in [6.07, 6.45) is -0.421. The van der Waals surface area contributed by atoms with Crippen LogP contribution in [0.3, 0.4) is 0 Å². The molecule has 0 aromatic heterocycles. The van der Waals surface area contributed by atoms with Gasteiger partial charge in [-0.2, -0.15) is 0 Å². The van der Waals surface area contributed by atoms with E-state index in [0.29, 0.717) is 52.5 Å². The lowest BCUT2D eigenvalue weighted by Gasteiger charge is -2.35. The van der Waals surface area contributed by atoms with Crippen LogP contribution < -0.4 is 9.47 Å². The number of fused-ring (bicyclic) bond motifs is 1. The van der Waals surface area contributed by atoms with Gasteiger partial charge in [0.1, 0.15) is 12.7 Å². The minimum absolute atomic E-state index is 0.0538. The fraction of sp³-hybridized carbons (Fsp3) is 0.579. The molecule has 2 heterocycles. The molecule has 0 radical (unpaired) electrons. The molecule has 8 nitrogen and oxygen atoms in total. The third-order valence-corrected chi connectivity index (χ3v) is 4.65. The Kier molecular flexibility index (Phi) is 6.39. The number of carbonyl (C=O) groups is 2. The predicted octanol–water partition coefficient (Wildman–Crippen LogP) is 1.06. The van der Waals surface area contributed by atoms with Crippen molar-refractivity contribution in [2.45, 2.75) is 13.0 Å². The van der Waals surface area contributed by atoms with E-state index < -0.39 is 0 Å². The van der Waals surface area contributed by atoms with Crippen molar-refractivity contribution in [2.75, 3.05) is 59.5 Å². The molecule has 0 bridgehead atoms. The van der Waals surface area contributed by atoms with Crippen LogP contribution in [0, 0.1) is 0 Å². The summed E-state index contributed by atoms with van der Waals surface area (Å²) in [6.45, 7) is 5.59. The molecule has 27 heavy (non-hydrogen) atoms. The molecule has 1 unspecified atom stereocenters. The van der Waals surface area contributed by atoms with E-state index in [4.69, 9.17) is 14.2 Å². The van der Waals surface area contributed by atoms with Gasteiger partial charge in [-0.3, -0.25) is 9.69 Å². The van der Waals surface area contributed by atoms with Gasteiger partial charge in [0.25, 0.3) is 0 Å². The van der Waals surface area contributed by atoms with Crippen molar-refractivity contribution >= 4 is 12.0 Å². The summed E-state index contributed by atoms with van der Waals surface area (Å²) >= 11 is 0. The van der Waals surface area contributed by atoms with Crippen molar-refractivity contribution in [3.05, 3.63) is 24.3 Å². The number of piperazine rings is 1. The van der Waals surface area contributed by atoms with Gasteiger partial charge < -0.3 is 24.0 Å². The second-order valence-electron chi connectivity index (χ2n) is 6.76. The minimum Gasteiger partial charge on any atom is -0.486 e. The molecule has 1 aromatic carbocycles. The second-order valence-corrected chi connectivity index (χ2v) is 6.76. The molecule has 1 aromatic rings. The van der Waals surface area contributed by atoms with Crippen LogP contribution in [0.1, 0.15) is 6.92 Å². The van der Waals surface area contributed by atoms with E-state index in [9.17, 15) is 9.59 Å². The van der Waals surface area contributed by atoms with Crippen LogP contribution in [0.5, 0.6) is 11.5 Å². The van der Waals surface area contributed by atoms with Gasteiger partial charge in [0.05, 0.1) is 13.2 Å². The molecule has 0 saturated carbocycles. The van der Waals surface area contributed by atoms with E-state index >= 15 is 0 Å². The highest BCUT2D eigenvalue weighted by Crippen LogP contribution is 2.30. The van der Waals surface area contributed by atoms with Gasteiger partial charge in [-0.05, 0) is 26.1 Å². The lowest BCUT2D eigenvalue weighted by atomic mass is 10.2. The maximum Gasteiger partial charge on any atom is 0.409 e. The van der Waals surface area contributed by atoms with Crippen molar-refractivity contribution in [1.82, 2.24) is 14.7 Å². The molecule has 0 spiro atoms. The van der Waals surface area contributed by atoms with Crippen LogP contribution in [-0.4, -0.2) is 92.3 Å². The molecule has 8 heteroatoms. The van der Waals surface area contributed by atoms with E-state index in [1.165, 1.54) is 0 Å². The Balaban J connectivity index is 1.42. The maximum atomic E-state index is 12.5. The van der Waals surface area contributed by atoms with Crippen molar-refractivity contribution in [3.8, 4) is 11.5 Å². The fourth-order valence-corrected chi connectivity index (χ4v) is 3.25. The van der Waals surface area contributed by atoms with Gasteiger partial charge in [0.2, 0.25) is 5.91 Å². The lowest BCUT2D eigenvalue weighted by molar-refractivity contribution is -0.134. The number of hydrogen-bond donors (Lipinski definition) is 0. The van der Waals surface area contributed by atoms with Gasteiger partial charge in [0, 0.05) is 32.7 Å². The molecule has 2 amide bonds. The van der Waals surface area contributed by atoms with Crippen molar-refractivity contribution in [1.29, 1.82) is 0 Å². The first-order valence-electron chi connectivity index (χ1n) is 9.33. The van der Waals surface area contributed by atoms with Crippen molar-refractivity contribution in [3.63, 3.8) is 0 Å². The molecule has 2 aliphatic heterocycles. The zero-order valence-electron chi connectivity index (χ0n) is 15.9. The number of nitrogens with zero attached hydrogens (tertiary/aromatic N) is 3. The summed E-state index contributed by atoms with van der Waals surface area (Å²) < 4.78 is 16.7. The number of ether oxygens (including phenoxy) is 3. The number of amides is 2. The molecule has 0 aliphatic carbocycles.